The molecule has 2 aromatic carbocycles. The van der Waals surface area contributed by atoms with Gasteiger partial charge in [-0.25, -0.2) is 0 Å². The highest BCUT2D eigenvalue weighted by Gasteiger charge is 2.26. The van der Waals surface area contributed by atoms with E-state index >= 15 is 0 Å². The number of rotatable bonds is 4. The molecule has 0 aromatic heterocycles. The third-order valence-corrected chi connectivity index (χ3v) is 4.11. The Kier molecular flexibility index (Phi) is 4.63. The van der Waals surface area contributed by atoms with Crippen molar-refractivity contribution in [1.29, 1.82) is 0 Å². The van der Waals surface area contributed by atoms with Crippen LogP contribution in [0.2, 0.25) is 5.02 Å². The minimum atomic E-state index is -0.348. The number of nitrogens with one attached hydrogen (secondary N) is 1. The van der Waals surface area contributed by atoms with Crippen LogP contribution in [-0.2, 0) is 16.0 Å². The largest absolute Gasteiger partial charge is 0.427 e. The predicted molar refractivity (Wildman–Crippen MR) is 88.6 cm³/mol. The monoisotopic (exact) mass is 329 g/mol. The number of ether oxygens (including phenoxy) is 1. The summed E-state index contributed by atoms with van der Waals surface area (Å²) in [6.07, 6.45) is 1.31. The average molecular weight is 330 g/mol. The van der Waals surface area contributed by atoms with Gasteiger partial charge in [-0.2, -0.15) is 0 Å². The summed E-state index contributed by atoms with van der Waals surface area (Å²) < 4.78 is 5.24. The second-order valence-corrected chi connectivity index (χ2v) is 5.95. The molecule has 1 heterocycles. The lowest BCUT2D eigenvalue weighted by Crippen LogP contribution is -2.30. The van der Waals surface area contributed by atoms with Crippen molar-refractivity contribution < 1.29 is 14.3 Å². The number of para-hydroxylation sites is 1. The Morgan fingerprint density at radius 2 is 1.91 bits per heavy atom. The van der Waals surface area contributed by atoms with E-state index in [9.17, 15) is 9.59 Å². The Hall–Kier alpha value is -2.33. The summed E-state index contributed by atoms with van der Waals surface area (Å²) in [5.41, 5.74) is 1.96. The predicted octanol–water partition coefficient (Wildman–Crippen LogP) is 3.84. The third-order valence-electron chi connectivity index (χ3n) is 3.85. The Morgan fingerprint density at radius 1 is 1.17 bits per heavy atom. The van der Waals surface area contributed by atoms with E-state index in [-0.39, 0.29) is 24.2 Å². The Labute approximate surface area is 139 Å². The Morgan fingerprint density at radius 3 is 2.70 bits per heavy atom. The van der Waals surface area contributed by atoms with Crippen molar-refractivity contribution in [2.24, 2.45) is 5.92 Å². The molecule has 118 valence electrons. The van der Waals surface area contributed by atoms with E-state index in [0.717, 1.165) is 11.3 Å². The van der Waals surface area contributed by atoms with Crippen LogP contribution in [0.1, 0.15) is 18.4 Å². The minimum Gasteiger partial charge on any atom is -0.427 e. The molecule has 3 rings (SSSR count). The van der Waals surface area contributed by atoms with Crippen molar-refractivity contribution in [1.82, 2.24) is 0 Å². The molecule has 0 saturated heterocycles. The number of hydrogen-bond acceptors (Lipinski definition) is 3. The van der Waals surface area contributed by atoms with Crippen molar-refractivity contribution in [2.45, 2.75) is 19.3 Å². The summed E-state index contributed by atoms with van der Waals surface area (Å²) in [6, 6.07) is 14.3. The minimum absolute atomic E-state index is 0.0389. The molecular weight excluding hydrogens is 314 g/mol. The van der Waals surface area contributed by atoms with Crippen LogP contribution in [0.3, 0.4) is 0 Å². The maximum Gasteiger partial charge on any atom is 0.311 e. The van der Waals surface area contributed by atoms with Gasteiger partial charge in [-0.1, -0.05) is 29.8 Å². The van der Waals surface area contributed by atoms with Crippen LogP contribution in [0, 0.1) is 5.92 Å². The maximum atomic E-state index is 12.1. The average Bonchev–Trinajstić information content (AvgIpc) is 2.55. The second kappa shape index (κ2) is 6.84. The van der Waals surface area contributed by atoms with Crippen molar-refractivity contribution >= 4 is 29.2 Å². The number of amides is 1. The van der Waals surface area contributed by atoms with Gasteiger partial charge in [0.05, 0.1) is 0 Å². The summed E-state index contributed by atoms with van der Waals surface area (Å²) in [5, 5.41) is 3.47. The van der Waals surface area contributed by atoms with E-state index in [4.69, 9.17) is 16.3 Å². The molecule has 4 nitrogen and oxygen atoms in total. The van der Waals surface area contributed by atoms with Gasteiger partial charge in [0.15, 0.2) is 0 Å². The zero-order chi connectivity index (χ0) is 16.2. The number of hydrogen-bond donors (Lipinski definition) is 1. The van der Waals surface area contributed by atoms with Crippen LogP contribution in [0.4, 0.5) is 5.69 Å². The molecule has 1 aliphatic heterocycles. The molecule has 0 saturated carbocycles. The smallest absolute Gasteiger partial charge is 0.311 e. The van der Waals surface area contributed by atoms with Crippen LogP contribution < -0.4 is 10.1 Å². The highest BCUT2D eigenvalue weighted by atomic mass is 35.5. The van der Waals surface area contributed by atoms with Crippen molar-refractivity contribution in [3.05, 3.63) is 59.1 Å². The summed E-state index contributed by atoms with van der Waals surface area (Å²) in [6.45, 7) is 0. The first-order valence-electron chi connectivity index (χ1n) is 7.47. The van der Waals surface area contributed by atoms with E-state index in [2.05, 4.69) is 5.32 Å². The summed E-state index contributed by atoms with van der Waals surface area (Å²) in [7, 11) is 0. The fourth-order valence-corrected chi connectivity index (χ4v) is 2.75. The molecule has 1 atom stereocenters. The van der Waals surface area contributed by atoms with E-state index < -0.39 is 0 Å². The highest BCUT2D eigenvalue weighted by Crippen LogP contribution is 2.27. The first-order chi connectivity index (χ1) is 11.1. The number of carbonyl (C=O) groups is 2. The fourth-order valence-electron chi connectivity index (χ4n) is 2.62. The molecule has 1 aliphatic rings. The molecule has 5 heteroatoms. The number of fused-ring (bicyclic) bond motifs is 1. The lowest BCUT2D eigenvalue weighted by molar-refractivity contribution is -0.134. The molecule has 0 spiro atoms. The fraction of sp³-hybridized carbons (Fsp3) is 0.222. The van der Waals surface area contributed by atoms with Crippen LogP contribution in [0.5, 0.6) is 5.75 Å². The summed E-state index contributed by atoms with van der Waals surface area (Å²) in [5.74, 6) is -0.137. The quantitative estimate of drug-likeness (QED) is 0.685. The van der Waals surface area contributed by atoms with Gasteiger partial charge in [-0.15, -0.1) is 0 Å². The first kappa shape index (κ1) is 15.6. The molecule has 1 N–H and O–H groups in total. The standard InChI is InChI=1S/C18H16ClNO3/c19-14-6-8-15(9-7-14)23-17(21)10-5-13-11-12-3-1-2-4-16(12)20-18(13)22/h1-4,6-9,13H,5,10-11H2,(H,20,22). The van der Waals surface area contributed by atoms with Crippen LogP contribution >= 0.6 is 11.6 Å². The zero-order valence-electron chi connectivity index (χ0n) is 12.4. The van der Waals surface area contributed by atoms with E-state index in [1.165, 1.54) is 0 Å². The lowest BCUT2D eigenvalue weighted by atomic mass is 9.90. The van der Waals surface area contributed by atoms with Gasteiger partial charge in [-0.3, -0.25) is 9.59 Å². The van der Waals surface area contributed by atoms with E-state index in [0.29, 0.717) is 23.6 Å². The molecule has 0 fully saturated rings. The van der Waals surface area contributed by atoms with Gasteiger partial charge >= 0.3 is 5.97 Å². The summed E-state index contributed by atoms with van der Waals surface area (Å²) >= 11 is 5.78. The van der Waals surface area contributed by atoms with E-state index in [1.54, 1.807) is 24.3 Å². The van der Waals surface area contributed by atoms with Gasteiger partial charge in [0, 0.05) is 23.0 Å². The third kappa shape index (κ3) is 3.90. The molecular formula is C18H16ClNO3. The SMILES string of the molecule is O=C(CCC1Cc2ccccc2NC1=O)Oc1ccc(Cl)cc1. The Bertz CT molecular complexity index is 727. The van der Waals surface area contributed by atoms with Gasteiger partial charge in [0.2, 0.25) is 5.91 Å². The highest BCUT2D eigenvalue weighted by molar-refractivity contribution is 6.30. The normalized spacial score (nSPS) is 16.4. The molecule has 0 aliphatic carbocycles. The molecule has 0 radical (unpaired) electrons. The van der Waals surface area contributed by atoms with Gasteiger partial charge in [0.1, 0.15) is 5.75 Å². The number of carbonyl (C=O) groups excluding carboxylic acids is 2. The van der Waals surface area contributed by atoms with Gasteiger partial charge < -0.3 is 10.1 Å². The molecule has 2 aromatic rings. The number of anilines is 1. The molecule has 1 amide bonds. The van der Waals surface area contributed by atoms with Crippen LogP contribution in [-0.4, -0.2) is 11.9 Å². The second-order valence-electron chi connectivity index (χ2n) is 5.51. The topological polar surface area (TPSA) is 55.4 Å². The van der Waals surface area contributed by atoms with Crippen LogP contribution in [0.25, 0.3) is 0 Å². The van der Waals surface area contributed by atoms with Crippen molar-refractivity contribution in [3.63, 3.8) is 0 Å². The molecule has 0 bridgehead atoms. The number of halogens is 1. The zero-order valence-corrected chi connectivity index (χ0v) is 13.2. The molecule has 1 unspecified atom stereocenters. The van der Waals surface area contributed by atoms with Crippen molar-refractivity contribution in [2.75, 3.05) is 5.32 Å². The van der Waals surface area contributed by atoms with Gasteiger partial charge in [0.25, 0.3) is 0 Å². The van der Waals surface area contributed by atoms with Crippen molar-refractivity contribution in [3.8, 4) is 5.75 Å². The van der Waals surface area contributed by atoms with E-state index in [1.807, 2.05) is 24.3 Å². The first-order valence-corrected chi connectivity index (χ1v) is 7.84. The molecule has 23 heavy (non-hydrogen) atoms. The van der Waals surface area contributed by atoms with Crippen LogP contribution in [0.15, 0.2) is 48.5 Å². The summed E-state index contributed by atoms with van der Waals surface area (Å²) in [4.78, 5) is 24.0. The lowest BCUT2D eigenvalue weighted by Gasteiger charge is -2.24. The number of benzene rings is 2. The number of esters is 1. The Balaban J connectivity index is 1.55. The maximum absolute atomic E-state index is 12.1. The van der Waals surface area contributed by atoms with Gasteiger partial charge in [-0.05, 0) is 48.7 Å².